The van der Waals surface area contributed by atoms with Gasteiger partial charge in [-0.3, -0.25) is 0 Å². The van der Waals surface area contributed by atoms with Crippen LogP contribution in [-0.2, 0) is 4.74 Å². The summed E-state index contributed by atoms with van der Waals surface area (Å²) >= 11 is 0. The molecule has 4 heteroatoms. The quantitative estimate of drug-likeness (QED) is 0.666. The van der Waals surface area contributed by atoms with Gasteiger partial charge in [-0.05, 0) is 26.2 Å². The minimum atomic E-state index is -0.338. The first-order chi connectivity index (χ1) is 7.26. The van der Waals surface area contributed by atoms with Gasteiger partial charge in [0.25, 0.3) is 0 Å². The lowest BCUT2D eigenvalue weighted by Gasteiger charge is -2.32. The summed E-state index contributed by atoms with van der Waals surface area (Å²) in [7, 11) is 0. The maximum atomic E-state index is 9.35. The van der Waals surface area contributed by atoms with Crippen LogP contribution in [0, 0.1) is 0 Å². The number of piperidine rings is 1. The summed E-state index contributed by atoms with van der Waals surface area (Å²) in [6.45, 7) is 6.36. The van der Waals surface area contributed by atoms with E-state index in [0.717, 1.165) is 45.5 Å². The first-order valence-electron chi connectivity index (χ1n) is 5.98. The lowest BCUT2D eigenvalue weighted by molar-refractivity contribution is 0.0115. The van der Waals surface area contributed by atoms with Crippen LogP contribution >= 0.6 is 0 Å². The van der Waals surface area contributed by atoms with Gasteiger partial charge < -0.3 is 20.5 Å². The average molecular weight is 216 g/mol. The van der Waals surface area contributed by atoms with Gasteiger partial charge in [-0.15, -0.1) is 0 Å². The summed E-state index contributed by atoms with van der Waals surface area (Å²) in [6, 6.07) is 0. The number of nitrogens with zero attached hydrogens (tertiary/aromatic N) is 1. The molecule has 1 saturated heterocycles. The number of likely N-dealkylation sites (tertiary alicyclic amines) is 1. The van der Waals surface area contributed by atoms with Gasteiger partial charge in [0.2, 0.25) is 0 Å². The molecule has 1 fully saturated rings. The molecule has 1 rings (SSSR count). The topological polar surface area (TPSA) is 58.7 Å². The molecule has 15 heavy (non-hydrogen) atoms. The van der Waals surface area contributed by atoms with Crippen LogP contribution in [0.1, 0.15) is 26.2 Å². The van der Waals surface area contributed by atoms with E-state index >= 15 is 0 Å². The molecule has 0 spiro atoms. The molecule has 1 aliphatic rings. The maximum Gasteiger partial charge on any atom is 0.0674 e. The Labute approximate surface area is 92.4 Å². The molecular weight excluding hydrogens is 192 g/mol. The van der Waals surface area contributed by atoms with Crippen molar-refractivity contribution in [3.05, 3.63) is 0 Å². The van der Waals surface area contributed by atoms with Crippen molar-refractivity contribution < 1.29 is 9.84 Å². The van der Waals surface area contributed by atoms with E-state index in [9.17, 15) is 5.11 Å². The van der Waals surface area contributed by atoms with Gasteiger partial charge in [-0.2, -0.15) is 0 Å². The third kappa shape index (κ3) is 4.93. The van der Waals surface area contributed by atoms with E-state index < -0.39 is 0 Å². The maximum absolute atomic E-state index is 9.35. The van der Waals surface area contributed by atoms with Crippen LogP contribution in [0.25, 0.3) is 0 Å². The van der Waals surface area contributed by atoms with Crippen molar-refractivity contribution in [1.82, 2.24) is 4.90 Å². The largest absolute Gasteiger partial charge is 0.392 e. The molecule has 1 atom stereocenters. The van der Waals surface area contributed by atoms with Gasteiger partial charge in [0, 0.05) is 32.8 Å². The standard InChI is InChI=1S/C11H24N2O2/c1-2-15-11-4-7-13(8-5-11)6-3-10(14)9-12/h10-11,14H,2-9,12H2,1H3. The van der Waals surface area contributed by atoms with Crippen LogP contribution < -0.4 is 5.73 Å². The van der Waals surface area contributed by atoms with E-state index in [0.29, 0.717) is 12.6 Å². The van der Waals surface area contributed by atoms with Crippen molar-refractivity contribution in [3.8, 4) is 0 Å². The Morgan fingerprint density at radius 2 is 2.13 bits per heavy atom. The molecule has 1 unspecified atom stereocenters. The van der Waals surface area contributed by atoms with E-state index in [-0.39, 0.29) is 6.10 Å². The lowest BCUT2D eigenvalue weighted by atomic mass is 10.1. The normalized spacial score (nSPS) is 21.8. The SMILES string of the molecule is CCOC1CCN(CCC(O)CN)CC1. The molecular formula is C11H24N2O2. The van der Waals surface area contributed by atoms with Crippen LogP contribution in [0.3, 0.4) is 0 Å². The van der Waals surface area contributed by atoms with Gasteiger partial charge >= 0.3 is 0 Å². The van der Waals surface area contributed by atoms with Crippen molar-refractivity contribution in [2.24, 2.45) is 5.73 Å². The first kappa shape index (κ1) is 12.9. The molecule has 0 amide bonds. The van der Waals surface area contributed by atoms with E-state index in [1.165, 1.54) is 0 Å². The minimum Gasteiger partial charge on any atom is -0.392 e. The van der Waals surface area contributed by atoms with Crippen molar-refractivity contribution in [2.45, 2.75) is 38.4 Å². The van der Waals surface area contributed by atoms with E-state index in [1.807, 2.05) is 6.92 Å². The second kappa shape index (κ2) is 7.17. The first-order valence-corrected chi connectivity index (χ1v) is 5.98. The van der Waals surface area contributed by atoms with Crippen molar-refractivity contribution in [2.75, 3.05) is 32.8 Å². The van der Waals surface area contributed by atoms with E-state index in [2.05, 4.69) is 4.90 Å². The summed E-state index contributed by atoms with van der Waals surface area (Å²) in [5, 5.41) is 9.35. The van der Waals surface area contributed by atoms with Crippen LogP contribution in [0.4, 0.5) is 0 Å². The molecule has 3 N–H and O–H groups in total. The predicted octanol–water partition coefficient (Wildman–Crippen LogP) is 0.197. The molecule has 0 aliphatic carbocycles. The highest BCUT2D eigenvalue weighted by molar-refractivity contribution is 4.73. The molecule has 0 aromatic carbocycles. The average Bonchev–Trinajstić information content (AvgIpc) is 2.28. The molecule has 4 nitrogen and oxygen atoms in total. The zero-order valence-corrected chi connectivity index (χ0v) is 9.69. The summed E-state index contributed by atoms with van der Waals surface area (Å²) in [5.41, 5.74) is 5.36. The smallest absolute Gasteiger partial charge is 0.0674 e. The van der Waals surface area contributed by atoms with Crippen LogP contribution in [0.5, 0.6) is 0 Å². The fourth-order valence-corrected chi connectivity index (χ4v) is 1.98. The van der Waals surface area contributed by atoms with Gasteiger partial charge in [0.15, 0.2) is 0 Å². The van der Waals surface area contributed by atoms with Crippen LogP contribution in [-0.4, -0.2) is 55.0 Å². The monoisotopic (exact) mass is 216 g/mol. The van der Waals surface area contributed by atoms with Gasteiger partial charge in [-0.25, -0.2) is 0 Å². The Morgan fingerprint density at radius 1 is 1.47 bits per heavy atom. The number of aliphatic hydroxyl groups is 1. The number of aliphatic hydroxyl groups excluding tert-OH is 1. The highest BCUT2D eigenvalue weighted by Crippen LogP contribution is 2.13. The Morgan fingerprint density at radius 3 is 2.67 bits per heavy atom. The summed E-state index contributed by atoms with van der Waals surface area (Å²) in [6.07, 6.45) is 3.13. The highest BCUT2D eigenvalue weighted by atomic mass is 16.5. The number of rotatable bonds is 6. The molecule has 0 aromatic rings. The Bertz CT molecular complexity index is 159. The number of ether oxygens (including phenoxy) is 1. The van der Waals surface area contributed by atoms with Crippen molar-refractivity contribution in [3.63, 3.8) is 0 Å². The molecule has 0 aromatic heterocycles. The molecule has 0 bridgehead atoms. The Hall–Kier alpha value is -0.160. The third-order valence-electron chi connectivity index (χ3n) is 2.99. The second-order valence-electron chi connectivity index (χ2n) is 4.17. The van der Waals surface area contributed by atoms with Crippen LogP contribution in [0.15, 0.2) is 0 Å². The predicted molar refractivity (Wildman–Crippen MR) is 60.8 cm³/mol. The Balaban J connectivity index is 2.09. The number of hydrogen-bond acceptors (Lipinski definition) is 4. The van der Waals surface area contributed by atoms with Gasteiger partial charge in [0.1, 0.15) is 0 Å². The molecule has 1 heterocycles. The summed E-state index contributed by atoms with van der Waals surface area (Å²) < 4.78 is 5.58. The van der Waals surface area contributed by atoms with E-state index in [1.54, 1.807) is 0 Å². The summed E-state index contributed by atoms with van der Waals surface area (Å²) in [5.74, 6) is 0. The second-order valence-corrected chi connectivity index (χ2v) is 4.17. The van der Waals surface area contributed by atoms with Gasteiger partial charge in [-0.1, -0.05) is 0 Å². The fourth-order valence-electron chi connectivity index (χ4n) is 1.98. The third-order valence-corrected chi connectivity index (χ3v) is 2.99. The number of hydrogen-bond donors (Lipinski definition) is 2. The molecule has 0 radical (unpaired) electrons. The van der Waals surface area contributed by atoms with E-state index in [4.69, 9.17) is 10.5 Å². The molecule has 90 valence electrons. The summed E-state index contributed by atoms with van der Waals surface area (Å²) in [4.78, 5) is 2.38. The lowest BCUT2D eigenvalue weighted by Crippen LogP contribution is -2.39. The highest BCUT2D eigenvalue weighted by Gasteiger charge is 2.19. The number of nitrogens with two attached hydrogens (primary N) is 1. The molecule has 1 aliphatic heterocycles. The van der Waals surface area contributed by atoms with Gasteiger partial charge in [0.05, 0.1) is 12.2 Å². The zero-order valence-electron chi connectivity index (χ0n) is 9.69. The Kier molecular flexibility index (Phi) is 6.17. The minimum absolute atomic E-state index is 0.338. The van der Waals surface area contributed by atoms with Crippen molar-refractivity contribution in [1.29, 1.82) is 0 Å². The molecule has 0 saturated carbocycles. The fraction of sp³-hybridized carbons (Fsp3) is 1.00. The van der Waals surface area contributed by atoms with Crippen molar-refractivity contribution >= 4 is 0 Å². The van der Waals surface area contributed by atoms with Crippen LogP contribution in [0.2, 0.25) is 0 Å². The zero-order chi connectivity index (χ0) is 11.1.